The monoisotopic (exact) mass is 1340 g/mol. The van der Waals surface area contributed by atoms with Crippen LogP contribution in [0.25, 0.3) is 0 Å². The zero-order valence-electron chi connectivity index (χ0n) is 62.8. The number of quaternary nitrogens is 1. The highest BCUT2D eigenvalue weighted by atomic mass is 31.2. The van der Waals surface area contributed by atoms with Crippen LogP contribution in [-0.2, 0) is 18.4 Å². The van der Waals surface area contributed by atoms with Gasteiger partial charge in [-0.1, -0.05) is 379 Å². The fraction of sp³-hybridized carbons (Fsp3) is 0.733. The Kier molecular flexibility index (Phi) is 72.2. The minimum atomic E-state index is -4.62. The fourth-order valence-electron chi connectivity index (χ4n) is 11.5. The number of hydrogen-bond acceptors (Lipinski definition) is 6. The molecule has 0 bridgehead atoms. The van der Waals surface area contributed by atoms with Crippen molar-refractivity contribution in [3.63, 3.8) is 0 Å². The van der Waals surface area contributed by atoms with Crippen molar-refractivity contribution in [1.29, 1.82) is 0 Å². The van der Waals surface area contributed by atoms with Crippen LogP contribution in [0.2, 0.25) is 0 Å². The molecule has 0 fully saturated rings. The topological polar surface area (TPSA) is 108 Å². The average molecular weight is 1340 g/mol. The van der Waals surface area contributed by atoms with Gasteiger partial charge >= 0.3 is 0 Å². The first-order valence-electron chi connectivity index (χ1n) is 40.0. The number of phosphoric ester groups is 1. The number of amides is 1. The molecule has 3 atom stereocenters. The minimum absolute atomic E-state index is 0.0110. The van der Waals surface area contributed by atoms with Gasteiger partial charge in [0.25, 0.3) is 7.82 Å². The molecule has 0 aromatic heterocycles. The Hall–Kier alpha value is -3.36. The average Bonchev–Trinajstić information content (AvgIpc) is 2.01. The Labute approximate surface area is 589 Å². The lowest BCUT2D eigenvalue weighted by Crippen LogP contribution is -2.45. The molecule has 0 saturated carbocycles. The van der Waals surface area contributed by atoms with Crippen LogP contribution in [0.15, 0.2) is 134 Å². The van der Waals surface area contributed by atoms with Crippen LogP contribution >= 0.6 is 7.82 Å². The molecule has 8 nitrogen and oxygen atoms in total. The van der Waals surface area contributed by atoms with Gasteiger partial charge in [0.1, 0.15) is 13.2 Å². The van der Waals surface area contributed by atoms with E-state index in [-0.39, 0.29) is 12.5 Å². The SMILES string of the molecule is CC/C=C\C/C=C\C/C=C\C/C=C\C/C=C\C/C=C\C/C=C\C/C=C\C/C=C\CCCCCCCCCCCCCCCC(=O)NC(COP(=O)([O-])OCC[N+](C)(C)C)C(O)/C=C/CC/C=C/CCCCCCCCCCCCCCCCCCCCCCCCCCCC. The van der Waals surface area contributed by atoms with Crippen LogP contribution in [0.5, 0.6) is 0 Å². The number of aliphatic hydroxyl groups is 1. The van der Waals surface area contributed by atoms with Crippen molar-refractivity contribution in [3.05, 3.63) is 134 Å². The zero-order chi connectivity index (χ0) is 69.0. The molecule has 0 aromatic carbocycles. The molecule has 0 heterocycles. The van der Waals surface area contributed by atoms with Gasteiger partial charge in [-0.2, -0.15) is 0 Å². The smallest absolute Gasteiger partial charge is 0.268 e. The Bertz CT molecular complexity index is 2020. The summed E-state index contributed by atoms with van der Waals surface area (Å²) in [6.45, 7) is 4.54. The van der Waals surface area contributed by atoms with Gasteiger partial charge in [0.05, 0.1) is 39.9 Å². The van der Waals surface area contributed by atoms with Crippen LogP contribution < -0.4 is 10.2 Å². The normalized spacial score (nSPS) is 14.2. The van der Waals surface area contributed by atoms with E-state index in [0.29, 0.717) is 17.4 Å². The Balaban J connectivity index is 4.06. The highest BCUT2D eigenvalue weighted by Crippen LogP contribution is 2.38. The number of allylic oxidation sites excluding steroid dienone is 21. The van der Waals surface area contributed by atoms with E-state index in [4.69, 9.17) is 9.05 Å². The molecule has 0 radical (unpaired) electrons. The van der Waals surface area contributed by atoms with Crippen LogP contribution in [0.3, 0.4) is 0 Å². The molecule has 0 rings (SSSR count). The van der Waals surface area contributed by atoms with Gasteiger partial charge in [-0.25, -0.2) is 0 Å². The molecule has 0 aromatic rings. The van der Waals surface area contributed by atoms with Gasteiger partial charge in [-0.15, -0.1) is 0 Å². The van der Waals surface area contributed by atoms with Crippen LogP contribution in [0.1, 0.15) is 354 Å². The number of carbonyl (C=O) groups excluding carboxylic acids is 1. The highest BCUT2D eigenvalue weighted by Gasteiger charge is 2.23. The van der Waals surface area contributed by atoms with Gasteiger partial charge in [0, 0.05) is 6.42 Å². The van der Waals surface area contributed by atoms with E-state index in [9.17, 15) is 19.4 Å². The van der Waals surface area contributed by atoms with Crippen molar-refractivity contribution in [2.24, 2.45) is 0 Å². The van der Waals surface area contributed by atoms with Crippen LogP contribution in [0.4, 0.5) is 0 Å². The predicted molar refractivity (Wildman–Crippen MR) is 417 cm³/mol. The van der Waals surface area contributed by atoms with Crippen molar-refractivity contribution >= 4 is 13.7 Å². The molecule has 0 saturated heterocycles. The summed E-state index contributed by atoms with van der Waals surface area (Å²) in [4.78, 5) is 25.7. The van der Waals surface area contributed by atoms with E-state index in [2.05, 4.69) is 141 Å². The summed E-state index contributed by atoms with van der Waals surface area (Å²) in [7, 11) is 1.24. The number of hydrogen-bond donors (Lipinski definition) is 2. The maximum absolute atomic E-state index is 13.1. The number of unbranched alkanes of at least 4 members (excludes halogenated alkanes) is 40. The molecule has 3 unspecified atom stereocenters. The molecule has 0 aliphatic carbocycles. The van der Waals surface area contributed by atoms with Gasteiger partial charge in [0.2, 0.25) is 5.91 Å². The van der Waals surface area contributed by atoms with Gasteiger partial charge < -0.3 is 28.8 Å². The summed E-state index contributed by atoms with van der Waals surface area (Å²) >= 11 is 0. The third-order valence-electron chi connectivity index (χ3n) is 17.6. The molecule has 0 aliphatic rings. The maximum atomic E-state index is 13.1. The minimum Gasteiger partial charge on any atom is -0.756 e. The van der Waals surface area contributed by atoms with E-state index in [1.165, 1.54) is 238 Å². The number of rotatable bonds is 73. The van der Waals surface area contributed by atoms with E-state index >= 15 is 0 Å². The Morgan fingerprint density at radius 2 is 0.653 bits per heavy atom. The van der Waals surface area contributed by atoms with Crippen molar-refractivity contribution < 1.29 is 32.9 Å². The summed E-state index contributed by atoms with van der Waals surface area (Å²) in [6.07, 6.45) is 113. The van der Waals surface area contributed by atoms with Gasteiger partial charge in [-0.05, 0) is 103 Å². The second-order valence-corrected chi connectivity index (χ2v) is 29.4. The second kappa shape index (κ2) is 74.9. The lowest BCUT2D eigenvalue weighted by atomic mass is 10.0. The summed E-state index contributed by atoms with van der Waals surface area (Å²) in [5.41, 5.74) is 0. The number of phosphoric acid groups is 1. The maximum Gasteiger partial charge on any atom is 0.268 e. The lowest BCUT2D eigenvalue weighted by molar-refractivity contribution is -0.870. The summed E-state index contributed by atoms with van der Waals surface area (Å²) < 4.78 is 23.5. The Morgan fingerprint density at radius 3 is 0.979 bits per heavy atom. The molecule has 0 aliphatic heterocycles. The third kappa shape index (κ3) is 77.9. The molecular formula is C86H153N2O6P. The highest BCUT2D eigenvalue weighted by molar-refractivity contribution is 7.45. The van der Waals surface area contributed by atoms with Crippen molar-refractivity contribution in [3.8, 4) is 0 Å². The summed E-state index contributed by atoms with van der Waals surface area (Å²) in [5.74, 6) is -0.209. The molecule has 0 spiro atoms. The van der Waals surface area contributed by atoms with Crippen LogP contribution in [0, 0.1) is 0 Å². The predicted octanol–water partition coefficient (Wildman–Crippen LogP) is 25.9. The lowest BCUT2D eigenvalue weighted by Gasteiger charge is -2.29. The number of nitrogens with zero attached hydrogens (tertiary/aromatic N) is 1. The van der Waals surface area contributed by atoms with E-state index < -0.39 is 26.6 Å². The first kappa shape index (κ1) is 91.6. The molecule has 548 valence electrons. The number of likely N-dealkylation sites (N-methyl/N-ethyl adjacent to an activating group) is 1. The molecular weight excluding hydrogens is 1190 g/mol. The molecule has 2 N–H and O–H groups in total. The van der Waals surface area contributed by atoms with Crippen molar-refractivity contribution in [2.45, 2.75) is 366 Å². The fourth-order valence-corrected chi connectivity index (χ4v) is 12.2. The van der Waals surface area contributed by atoms with Gasteiger partial charge in [-0.3, -0.25) is 9.36 Å². The quantitative estimate of drug-likeness (QED) is 0.0272. The van der Waals surface area contributed by atoms with Crippen molar-refractivity contribution in [2.75, 3.05) is 40.9 Å². The number of carbonyl (C=O) groups is 1. The summed E-state index contributed by atoms with van der Waals surface area (Å²) in [6, 6.07) is -0.914. The standard InChI is InChI=1S/C86H153N2O6P/c1-6-8-10-12-14-16-18-20-22-24-26-28-30-32-34-36-38-40-41-42-43-44-45-46-47-48-50-52-54-56-58-60-62-64-66-68-70-72-74-76-78-80-86(90)87-84(83-94-95(91,92)93-82-81-88(3,4)5)85(89)79-77-75-73-71-69-67-65-63-61-59-57-55-53-51-49-39-37-35-33-31-29-27-25-23-21-19-17-15-13-11-9-7-2/h8,10,14,16,20,22,26,28,32,34,38,40,42-43,45-46,48,50,69,71,77,79,84-85,89H,6-7,9,11-13,15,17-19,21,23-25,27,29-31,33,35-37,39,41,44,47,49,51-68,70,72-76,78,80-83H2,1-5H3,(H-,87,90,91,92)/b10-8-,16-14-,22-20-,28-26-,34-32-,40-38-,43-42-,46-45-,50-48-,71-69+,79-77+. The summed E-state index contributed by atoms with van der Waals surface area (Å²) in [5, 5.41) is 14.0. The molecule has 1 amide bonds. The van der Waals surface area contributed by atoms with E-state index in [0.717, 1.165) is 96.3 Å². The van der Waals surface area contributed by atoms with Crippen molar-refractivity contribution in [1.82, 2.24) is 5.32 Å². The number of nitrogens with one attached hydrogen (secondary N) is 1. The first-order chi connectivity index (χ1) is 46.5. The number of aliphatic hydroxyl groups excluding tert-OH is 1. The molecule has 9 heteroatoms. The second-order valence-electron chi connectivity index (χ2n) is 28.0. The van der Waals surface area contributed by atoms with Gasteiger partial charge in [0.15, 0.2) is 0 Å². The zero-order valence-corrected chi connectivity index (χ0v) is 63.7. The van der Waals surface area contributed by atoms with E-state index in [1.54, 1.807) is 6.08 Å². The third-order valence-corrected chi connectivity index (χ3v) is 18.6. The molecule has 95 heavy (non-hydrogen) atoms. The Morgan fingerprint density at radius 1 is 0.379 bits per heavy atom. The first-order valence-corrected chi connectivity index (χ1v) is 41.5. The van der Waals surface area contributed by atoms with E-state index in [1.807, 2.05) is 27.2 Å². The largest absolute Gasteiger partial charge is 0.756 e. The van der Waals surface area contributed by atoms with Crippen LogP contribution in [-0.4, -0.2) is 68.5 Å².